The van der Waals surface area contributed by atoms with Gasteiger partial charge >= 0.3 is 0 Å². The highest BCUT2D eigenvalue weighted by molar-refractivity contribution is 6.21. The summed E-state index contributed by atoms with van der Waals surface area (Å²) < 4.78 is 38.4. The molecule has 0 saturated heterocycles. The molecule has 170 valence electrons. The average Bonchev–Trinajstić information content (AvgIpc) is 2.80. The van der Waals surface area contributed by atoms with Crippen LogP contribution in [0.25, 0.3) is 0 Å². The number of alkyl halides is 2. The summed E-state index contributed by atoms with van der Waals surface area (Å²) in [5.74, 6) is -2.23. The number of carbonyl (C=O) groups is 1. The standard InChI is InChI=1S/C26H29F2NO3/c1-6-18(3)25(32-17-19-11-13-23(31-5)14-12-19)29-16-20(7-2)24(30)21-9-8-10-22(15-21)26(4,27)28/h7-16H,6,17H2,1-5H3/b20-7+,25-18?,29-16-. The number of allylic oxidation sites excluding steroid dienone is 3. The molecule has 0 aliphatic heterocycles. The van der Waals surface area contributed by atoms with E-state index >= 15 is 0 Å². The molecule has 0 fully saturated rings. The second kappa shape index (κ2) is 11.4. The maximum atomic E-state index is 13.6. The first-order valence-corrected chi connectivity index (χ1v) is 10.4. The van der Waals surface area contributed by atoms with E-state index in [1.165, 1.54) is 30.5 Å². The molecular weight excluding hydrogens is 412 g/mol. The number of hydrogen-bond donors (Lipinski definition) is 0. The van der Waals surface area contributed by atoms with Gasteiger partial charge in [0.15, 0.2) is 5.78 Å². The van der Waals surface area contributed by atoms with Crippen LogP contribution >= 0.6 is 0 Å². The minimum absolute atomic E-state index is 0.181. The van der Waals surface area contributed by atoms with Crippen LogP contribution in [0.15, 0.2) is 76.6 Å². The summed E-state index contributed by atoms with van der Waals surface area (Å²) in [6, 6.07) is 13.0. The molecule has 2 aromatic rings. The fraction of sp³-hybridized carbons (Fsp3) is 0.308. The van der Waals surface area contributed by atoms with Crippen molar-refractivity contribution in [3.05, 3.63) is 88.3 Å². The van der Waals surface area contributed by atoms with E-state index in [0.717, 1.165) is 30.2 Å². The summed E-state index contributed by atoms with van der Waals surface area (Å²) >= 11 is 0. The van der Waals surface area contributed by atoms with Gasteiger partial charge in [0.05, 0.1) is 7.11 Å². The predicted molar refractivity (Wildman–Crippen MR) is 123 cm³/mol. The van der Waals surface area contributed by atoms with Crippen LogP contribution < -0.4 is 4.74 Å². The van der Waals surface area contributed by atoms with Crippen molar-refractivity contribution in [3.8, 4) is 5.75 Å². The summed E-state index contributed by atoms with van der Waals surface area (Å²) in [6.45, 7) is 6.70. The first kappa shape index (κ1) is 25.0. The van der Waals surface area contributed by atoms with Gasteiger partial charge in [-0.3, -0.25) is 4.79 Å². The molecular formula is C26H29F2NO3. The van der Waals surface area contributed by atoms with Gasteiger partial charge in [-0.2, -0.15) is 0 Å². The lowest BCUT2D eigenvalue weighted by atomic mass is 10.00. The van der Waals surface area contributed by atoms with Crippen LogP contribution in [0.3, 0.4) is 0 Å². The van der Waals surface area contributed by atoms with Crippen molar-refractivity contribution in [1.29, 1.82) is 0 Å². The first-order valence-electron chi connectivity index (χ1n) is 10.4. The molecule has 32 heavy (non-hydrogen) atoms. The number of ether oxygens (including phenoxy) is 2. The van der Waals surface area contributed by atoms with Gasteiger partial charge in [0.2, 0.25) is 5.88 Å². The van der Waals surface area contributed by atoms with E-state index in [4.69, 9.17) is 9.47 Å². The van der Waals surface area contributed by atoms with E-state index in [9.17, 15) is 13.6 Å². The number of Topliss-reactive ketones (excluding diaryl/α,β-unsaturated/α-hetero) is 1. The molecule has 6 heteroatoms. The van der Waals surface area contributed by atoms with E-state index < -0.39 is 5.92 Å². The van der Waals surface area contributed by atoms with Crippen LogP contribution in [0, 0.1) is 0 Å². The monoisotopic (exact) mass is 441 g/mol. The lowest BCUT2D eigenvalue weighted by Crippen LogP contribution is -2.10. The van der Waals surface area contributed by atoms with Crippen LogP contribution in [-0.2, 0) is 17.3 Å². The summed E-state index contributed by atoms with van der Waals surface area (Å²) in [4.78, 5) is 17.3. The van der Waals surface area contributed by atoms with E-state index in [0.29, 0.717) is 12.5 Å². The minimum Gasteiger partial charge on any atom is -0.497 e. The minimum atomic E-state index is -3.02. The maximum Gasteiger partial charge on any atom is 0.270 e. The van der Waals surface area contributed by atoms with Gasteiger partial charge in [-0.1, -0.05) is 43.3 Å². The Labute approximate surface area is 188 Å². The van der Waals surface area contributed by atoms with E-state index in [2.05, 4.69) is 4.99 Å². The molecule has 0 saturated carbocycles. The quantitative estimate of drug-likeness (QED) is 0.175. The van der Waals surface area contributed by atoms with Crippen LogP contribution in [-0.4, -0.2) is 19.1 Å². The number of benzene rings is 2. The van der Waals surface area contributed by atoms with Gasteiger partial charge in [-0.05, 0) is 49.6 Å². The van der Waals surface area contributed by atoms with Crippen LogP contribution in [0.1, 0.15) is 55.6 Å². The molecule has 0 N–H and O–H groups in total. The topological polar surface area (TPSA) is 47.9 Å². The lowest BCUT2D eigenvalue weighted by molar-refractivity contribution is 0.0174. The van der Waals surface area contributed by atoms with Gasteiger partial charge in [-0.15, -0.1) is 0 Å². The third kappa shape index (κ3) is 6.87. The van der Waals surface area contributed by atoms with E-state index in [-0.39, 0.29) is 22.5 Å². The number of carbonyl (C=O) groups excluding carboxylic acids is 1. The Kier molecular flexibility index (Phi) is 8.88. The zero-order valence-corrected chi connectivity index (χ0v) is 19.1. The second-order valence-corrected chi connectivity index (χ2v) is 7.38. The van der Waals surface area contributed by atoms with Crippen molar-refractivity contribution in [3.63, 3.8) is 0 Å². The lowest BCUT2D eigenvalue weighted by Gasteiger charge is -2.12. The summed E-state index contributed by atoms with van der Waals surface area (Å²) in [5, 5.41) is 0. The third-order valence-corrected chi connectivity index (χ3v) is 4.96. The smallest absolute Gasteiger partial charge is 0.270 e. The molecule has 2 rings (SSSR count). The molecule has 0 aliphatic rings. The number of ketones is 1. The maximum absolute atomic E-state index is 13.6. The second-order valence-electron chi connectivity index (χ2n) is 7.38. The number of nitrogens with zero attached hydrogens (tertiary/aromatic N) is 1. The van der Waals surface area contributed by atoms with Crippen molar-refractivity contribution >= 4 is 12.0 Å². The Morgan fingerprint density at radius 3 is 2.41 bits per heavy atom. The molecule has 0 aromatic heterocycles. The summed E-state index contributed by atoms with van der Waals surface area (Å²) in [7, 11) is 1.61. The Morgan fingerprint density at radius 1 is 1.16 bits per heavy atom. The third-order valence-electron chi connectivity index (χ3n) is 4.96. The highest BCUT2D eigenvalue weighted by Crippen LogP contribution is 2.28. The Bertz CT molecular complexity index is 1020. The van der Waals surface area contributed by atoms with E-state index in [1.807, 2.05) is 38.1 Å². The summed E-state index contributed by atoms with van der Waals surface area (Å²) in [6.07, 6.45) is 3.74. The number of hydrogen-bond acceptors (Lipinski definition) is 4. The highest BCUT2D eigenvalue weighted by atomic mass is 19.3. The molecule has 0 radical (unpaired) electrons. The largest absolute Gasteiger partial charge is 0.497 e. The molecule has 0 atom stereocenters. The molecule has 0 amide bonds. The number of halogens is 2. The van der Waals surface area contributed by atoms with Gasteiger partial charge in [-0.25, -0.2) is 13.8 Å². The molecule has 0 spiro atoms. The number of aliphatic imine (C=N–C) groups is 1. The predicted octanol–water partition coefficient (Wildman–Crippen LogP) is 6.87. The Morgan fingerprint density at radius 2 is 1.84 bits per heavy atom. The number of methoxy groups -OCH3 is 1. The van der Waals surface area contributed by atoms with Crippen molar-refractivity contribution < 1.29 is 23.0 Å². The molecule has 4 nitrogen and oxygen atoms in total. The molecule has 0 unspecified atom stereocenters. The fourth-order valence-corrected chi connectivity index (χ4v) is 2.79. The van der Waals surface area contributed by atoms with Crippen LogP contribution in [0.2, 0.25) is 0 Å². The van der Waals surface area contributed by atoms with Gasteiger partial charge in [0, 0.05) is 29.8 Å². The molecule has 0 heterocycles. The Hall–Kier alpha value is -3.28. The fourth-order valence-electron chi connectivity index (χ4n) is 2.79. The Balaban J connectivity index is 2.20. The molecule has 2 aromatic carbocycles. The zero-order valence-electron chi connectivity index (χ0n) is 19.1. The van der Waals surface area contributed by atoms with E-state index in [1.54, 1.807) is 20.1 Å². The zero-order chi connectivity index (χ0) is 23.7. The van der Waals surface area contributed by atoms with Crippen molar-refractivity contribution in [2.45, 2.75) is 46.6 Å². The SMILES string of the molecule is C/C=C(\C=N/C(OCc1ccc(OC)cc1)=C(C)CC)C(=O)c1cccc(C(C)(F)F)c1. The van der Waals surface area contributed by atoms with Gasteiger partial charge in [0.25, 0.3) is 5.92 Å². The van der Waals surface area contributed by atoms with Crippen LogP contribution in [0.4, 0.5) is 8.78 Å². The first-order chi connectivity index (χ1) is 15.2. The highest BCUT2D eigenvalue weighted by Gasteiger charge is 2.25. The van der Waals surface area contributed by atoms with Gasteiger partial charge in [0.1, 0.15) is 12.4 Å². The van der Waals surface area contributed by atoms with Crippen LogP contribution in [0.5, 0.6) is 5.75 Å². The average molecular weight is 442 g/mol. The molecule has 0 aliphatic carbocycles. The van der Waals surface area contributed by atoms with Crippen molar-refractivity contribution in [2.75, 3.05) is 7.11 Å². The van der Waals surface area contributed by atoms with Gasteiger partial charge < -0.3 is 9.47 Å². The normalized spacial score (nSPS) is 13.2. The van der Waals surface area contributed by atoms with Crippen molar-refractivity contribution in [2.24, 2.45) is 4.99 Å². The number of rotatable bonds is 10. The molecule has 0 bridgehead atoms. The summed E-state index contributed by atoms with van der Waals surface area (Å²) in [5.41, 5.74) is 2.13. The van der Waals surface area contributed by atoms with Crippen molar-refractivity contribution in [1.82, 2.24) is 0 Å².